The minimum absolute atomic E-state index is 0.432. The van der Waals surface area contributed by atoms with Gasteiger partial charge in [-0.1, -0.05) is 13.3 Å². The maximum atomic E-state index is 12.4. The molecule has 2 heterocycles. The Morgan fingerprint density at radius 2 is 1.85 bits per heavy atom. The van der Waals surface area contributed by atoms with E-state index in [1.54, 1.807) is 4.31 Å². The average Bonchev–Trinajstić information content (AvgIpc) is 2.46. The van der Waals surface area contributed by atoms with Crippen LogP contribution in [0.15, 0.2) is 0 Å². The average molecular weight is 304 g/mol. The van der Waals surface area contributed by atoms with E-state index in [0.717, 1.165) is 51.9 Å². The highest BCUT2D eigenvalue weighted by atomic mass is 32.2. The van der Waals surface area contributed by atoms with Crippen molar-refractivity contribution in [1.82, 2.24) is 19.5 Å². The molecular formula is C13H28N4O2S. The second-order valence-corrected chi connectivity index (χ2v) is 7.47. The summed E-state index contributed by atoms with van der Waals surface area (Å²) in [6.45, 7) is 6.86. The van der Waals surface area contributed by atoms with Gasteiger partial charge in [0, 0.05) is 26.2 Å². The Morgan fingerprint density at radius 1 is 1.10 bits per heavy atom. The van der Waals surface area contributed by atoms with Crippen molar-refractivity contribution in [2.45, 2.75) is 39.0 Å². The van der Waals surface area contributed by atoms with Gasteiger partial charge in [0.25, 0.3) is 10.2 Å². The highest BCUT2D eigenvalue weighted by Crippen LogP contribution is 2.18. The standard InChI is InChI=1S/C13H28N4O2S/c1-2-14-11-13-7-6-10-17(12-13)20(18,19)15-16-8-4-3-5-9-16/h13-15H,2-12H2,1H3. The molecule has 7 heteroatoms. The van der Waals surface area contributed by atoms with E-state index in [0.29, 0.717) is 19.0 Å². The van der Waals surface area contributed by atoms with Gasteiger partial charge in [0.15, 0.2) is 0 Å². The smallest absolute Gasteiger partial charge is 0.292 e. The lowest BCUT2D eigenvalue weighted by atomic mass is 10.00. The van der Waals surface area contributed by atoms with Crippen LogP contribution in [0.25, 0.3) is 0 Å². The van der Waals surface area contributed by atoms with Crippen molar-refractivity contribution in [2.24, 2.45) is 5.92 Å². The molecule has 0 aromatic rings. The number of hydrogen-bond acceptors (Lipinski definition) is 4. The molecule has 2 aliphatic rings. The SMILES string of the molecule is CCNCC1CCCN(S(=O)(=O)NN2CCCCC2)C1. The number of nitrogens with zero attached hydrogens (tertiary/aromatic N) is 2. The maximum absolute atomic E-state index is 12.4. The minimum atomic E-state index is -3.36. The highest BCUT2D eigenvalue weighted by molar-refractivity contribution is 7.87. The van der Waals surface area contributed by atoms with Gasteiger partial charge in [0.2, 0.25) is 0 Å². The number of hydrazine groups is 1. The molecule has 0 saturated carbocycles. The summed E-state index contributed by atoms with van der Waals surface area (Å²) in [5.74, 6) is 0.432. The molecule has 0 spiro atoms. The molecule has 0 bridgehead atoms. The van der Waals surface area contributed by atoms with Crippen LogP contribution in [0.1, 0.15) is 39.0 Å². The van der Waals surface area contributed by atoms with Gasteiger partial charge in [-0.3, -0.25) is 0 Å². The van der Waals surface area contributed by atoms with Crippen LogP contribution in [0.2, 0.25) is 0 Å². The first kappa shape index (κ1) is 16.2. The second kappa shape index (κ2) is 7.70. The van der Waals surface area contributed by atoms with E-state index in [-0.39, 0.29) is 0 Å². The lowest BCUT2D eigenvalue weighted by molar-refractivity contribution is 0.185. The van der Waals surface area contributed by atoms with Gasteiger partial charge in [-0.2, -0.15) is 12.7 Å². The van der Waals surface area contributed by atoms with Crippen molar-refractivity contribution in [1.29, 1.82) is 0 Å². The molecule has 0 aromatic heterocycles. The van der Waals surface area contributed by atoms with Gasteiger partial charge in [-0.15, -0.1) is 4.83 Å². The van der Waals surface area contributed by atoms with Gasteiger partial charge in [-0.25, -0.2) is 5.01 Å². The van der Waals surface area contributed by atoms with E-state index in [9.17, 15) is 8.42 Å². The molecule has 0 aromatic carbocycles. The van der Waals surface area contributed by atoms with Crippen LogP contribution in [0.3, 0.4) is 0 Å². The molecule has 0 radical (unpaired) electrons. The van der Waals surface area contributed by atoms with Crippen LogP contribution in [0.4, 0.5) is 0 Å². The van der Waals surface area contributed by atoms with Gasteiger partial charge in [0.1, 0.15) is 0 Å². The number of rotatable bonds is 6. The summed E-state index contributed by atoms with van der Waals surface area (Å²) in [5, 5.41) is 5.17. The molecule has 118 valence electrons. The summed E-state index contributed by atoms with van der Waals surface area (Å²) >= 11 is 0. The molecule has 1 unspecified atom stereocenters. The van der Waals surface area contributed by atoms with E-state index in [1.807, 2.05) is 5.01 Å². The summed E-state index contributed by atoms with van der Waals surface area (Å²) in [6.07, 6.45) is 5.42. The third kappa shape index (κ3) is 4.66. The van der Waals surface area contributed by atoms with Gasteiger partial charge in [-0.05, 0) is 44.7 Å². The van der Waals surface area contributed by atoms with Gasteiger partial charge >= 0.3 is 0 Å². The maximum Gasteiger partial charge on any atom is 0.292 e. The molecule has 2 fully saturated rings. The monoisotopic (exact) mass is 304 g/mol. The van der Waals surface area contributed by atoms with Crippen LogP contribution in [0.5, 0.6) is 0 Å². The number of nitrogens with one attached hydrogen (secondary N) is 2. The zero-order chi connectivity index (χ0) is 14.4. The lowest BCUT2D eigenvalue weighted by Gasteiger charge is -2.34. The zero-order valence-corrected chi connectivity index (χ0v) is 13.3. The van der Waals surface area contributed by atoms with E-state index >= 15 is 0 Å². The fourth-order valence-electron chi connectivity index (χ4n) is 2.97. The van der Waals surface area contributed by atoms with E-state index in [4.69, 9.17) is 0 Å². The Bertz CT molecular complexity index is 382. The third-order valence-corrected chi connectivity index (χ3v) is 5.61. The Labute approximate surface area is 123 Å². The van der Waals surface area contributed by atoms with E-state index in [2.05, 4.69) is 17.1 Å². The summed E-state index contributed by atoms with van der Waals surface area (Å²) in [5.41, 5.74) is 0. The summed E-state index contributed by atoms with van der Waals surface area (Å²) in [6, 6.07) is 0. The predicted molar refractivity (Wildman–Crippen MR) is 80.3 cm³/mol. The Balaban J connectivity index is 1.87. The first-order valence-corrected chi connectivity index (χ1v) is 9.29. The summed E-state index contributed by atoms with van der Waals surface area (Å²) in [4.78, 5) is 2.75. The third-order valence-electron chi connectivity index (χ3n) is 4.11. The first-order valence-electron chi connectivity index (χ1n) is 7.85. The molecular weight excluding hydrogens is 276 g/mol. The quantitative estimate of drug-likeness (QED) is 0.752. The van der Waals surface area contributed by atoms with Crippen LogP contribution in [0, 0.1) is 5.92 Å². The Hall–Kier alpha value is -0.210. The van der Waals surface area contributed by atoms with Crippen LogP contribution in [-0.2, 0) is 10.2 Å². The van der Waals surface area contributed by atoms with Gasteiger partial charge < -0.3 is 5.32 Å². The van der Waals surface area contributed by atoms with Gasteiger partial charge in [0.05, 0.1) is 0 Å². The second-order valence-electron chi connectivity index (χ2n) is 5.82. The number of piperidine rings is 2. The summed E-state index contributed by atoms with van der Waals surface area (Å²) in [7, 11) is -3.36. The molecule has 2 rings (SSSR count). The van der Waals surface area contributed by atoms with Crippen LogP contribution >= 0.6 is 0 Å². The molecule has 0 amide bonds. The topological polar surface area (TPSA) is 64.7 Å². The minimum Gasteiger partial charge on any atom is -0.317 e. The van der Waals surface area contributed by atoms with Crippen molar-refractivity contribution >= 4 is 10.2 Å². The van der Waals surface area contributed by atoms with E-state index < -0.39 is 10.2 Å². The first-order chi connectivity index (χ1) is 9.62. The molecule has 2 saturated heterocycles. The molecule has 20 heavy (non-hydrogen) atoms. The molecule has 0 aliphatic carbocycles. The summed E-state index contributed by atoms with van der Waals surface area (Å²) < 4.78 is 26.5. The normalized spacial score (nSPS) is 26.8. The molecule has 2 aliphatic heterocycles. The molecule has 1 atom stereocenters. The Kier molecular flexibility index (Phi) is 6.22. The largest absolute Gasteiger partial charge is 0.317 e. The van der Waals surface area contributed by atoms with E-state index in [1.165, 1.54) is 6.42 Å². The molecule has 2 N–H and O–H groups in total. The molecule has 6 nitrogen and oxygen atoms in total. The van der Waals surface area contributed by atoms with Crippen molar-refractivity contribution in [2.75, 3.05) is 39.3 Å². The van der Waals surface area contributed by atoms with Crippen molar-refractivity contribution in [3.8, 4) is 0 Å². The number of hydrogen-bond donors (Lipinski definition) is 2. The van der Waals surface area contributed by atoms with Crippen molar-refractivity contribution < 1.29 is 8.42 Å². The lowest BCUT2D eigenvalue weighted by Crippen LogP contribution is -2.53. The highest BCUT2D eigenvalue weighted by Gasteiger charge is 2.30. The van der Waals surface area contributed by atoms with Crippen LogP contribution in [-0.4, -0.2) is 57.0 Å². The Morgan fingerprint density at radius 3 is 2.55 bits per heavy atom. The predicted octanol–water partition coefficient (Wildman–Crippen LogP) is 0.543. The van der Waals surface area contributed by atoms with Crippen molar-refractivity contribution in [3.05, 3.63) is 0 Å². The fourth-order valence-corrected chi connectivity index (χ4v) is 4.37. The fraction of sp³-hybridized carbons (Fsp3) is 1.00. The zero-order valence-electron chi connectivity index (χ0n) is 12.5. The van der Waals surface area contributed by atoms with Crippen molar-refractivity contribution in [3.63, 3.8) is 0 Å². The van der Waals surface area contributed by atoms with Crippen LogP contribution < -0.4 is 10.1 Å².